The average molecular weight is 307 g/mol. The molecule has 0 radical (unpaired) electrons. The number of benzene rings is 1. The van der Waals surface area contributed by atoms with Crippen molar-refractivity contribution >= 4 is 34.4 Å². The second-order valence-corrected chi connectivity index (χ2v) is 5.09. The van der Waals surface area contributed by atoms with Crippen molar-refractivity contribution in [1.29, 1.82) is 0 Å². The Hall–Kier alpha value is -2.14. The number of carboxylic acid groups (broad SMARTS) is 1. The molecule has 1 aromatic heterocycles. The number of hydrogen-bond acceptors (Lipinski definition) is 3. The molecule has 5 nitrogen and oxygen atoms in total. The van der Waals surface area contributed by atoms with Crippen LogP contribution < -0.4 is 0 Å². The summed E-state index contributed by atoms with van der Waals surface area (Å²) in [4.78, 5) is 28.8. The number of carbonyl (C=O) groups is 2. The minimum Gasteiger partial charge on any atom is -0.480 e. The van der Waals surface area contributed by atoms with E-state index in [0.717, 1.165) is 5.39 Å². The van der Waals surface area contributed by atoms with Crippen LogP contribution >= 0.6 is 11.6 Å². The Bertz CT molecular complexity index is 688. The molecule has 0 saturated carbocycles. The summed E-state index contributed by atoms with van der Waals surface area (Å²) in [7, 11) is 0. The lowest BCUT2D eigenvalue weighted by Gasteiger charge is -2.19. The van der Waals surface area contributed by atoms with Crippen LogP contribution in [-0.4, -0.2) is 40.0 Å². The second-order valence-electron chi connectivity index (χ2n) is 4.65. The van der Waals surface area contributed by atoms with Crippen molar-refractivity contribution in [3.63, 3.8) is 0 Å². The fraction of sp³-hybridized carbons (Fsp3) is 0.267. The van der Waals surface area contributed by atoms with Gasteiger partial charge in [-0.05, 0) is 24.6 Å². The molecule has 0 aliphatic heterocycles. The number of carboxylic acids is 1. The Kier molecular flexibility index (Phi) is 4.75. The van der Waals surface area contributed by atoms with Crippen LogP contribution in [0.3, 0.4) is 0 Å². The van der Waals surface area contributed by atoms with Gasteiger partial charge in [-0.3, -0.25) is 9.59 Å². The molecule has 0 spiro atoms. The Morgan fingerprint density at radius 1 is 1.29 bits per heavy atom. The predicted molar refractivity (Wildman–Crippen MR) is 80.6 cm³/mol. The van der Waals surface area contributed by atoms with Gasteiger partial charge in [0.1, 0.15) is 12.2 Å². The molecule has 2 aromatic rings. The van der Waals surface area contributed by atoms with E-state index in [1.165, 1.54) is 4.90 Å². The van der Waals surface area contributed by atoms with Crippen LogP contribution in [-0.2, 0) is 4.79 Å². The van der Waals surface area contributed by atoms with Crippen molar-refractivity contribution in [3.8, 4) is 0 Å². The Labute approximate surface area is 127 Å². The predicted octanol–water partition coefficient (Wildman–Crippen LogP) is 2.83. The normalized spacial score (nSPS) is 10.6. The number of rotatable bonds is 5. The largest absolute Gasteiger partial charge is 0.480 e. The Morgan fingerprint density at radius 3 is 2.67 bits per heavy atom. The number of hydrogen-bond donors (Lipinski definition) is 1. The molecule has 0 unspecified atom stereocenters. The average Bonchev–Trinajstić information content (AvgIpc) is 2.44. The van der Waals surface area contributed by atoms with Gasteiger partial charge in [0.15, 0.2) is 0 Å². The van der Waals surface area contributed by atoms with Gasteiger partial charge >= 0.3 is 5.97 Å². The van der Waals surface area contributed by atoms with Crippen LogP contribution in [0, 0.1) is 0 Å². The van der Waals surface area contributed by atoms with Crippen LogP contribution in [0.15, 0.2) is 30.3 Å². The maximum absolute atomic E-state index is 12.4. The van der Waals surface area contributed by atoms with Crippen molar-refractivity contribution in [3.05, 3.63) is 41.0 Å². The molecule has 1 amide bonds. The second kappa shape index (κ2) is 6.54. The third kappa shape index (κ3) is 3.70. The summed E-state index contributed by atoms with van der Waals surface area (Å²) >= 11 is 5.92. The summed E-state index contributed by atoms with van der Waals surface area (Å²) < 4.78 is 0. The smallest absolute Gasteiger partial charge is 0.323 e. The van der Waals surface area contributed by atoms with Gasteiger partial charge in [-0.15, -0.1) is 0 Å². The van der Waals surface area contributed by atoms with Crippen LogP contribution in [0.4, 0.5) is 0 Å². The third-order valence-corrected chi connectivity index (χ3v) is 3.22. The van der Waals surface area contributed by atoms with Crippen molar-refractivity contribution in [2.75, 3.05) is 13.1 Å². The van der Waals surface area contributed by atoms with Crippen molar-refractivity contribution in [1.82, 2.24) is 9.88 Å². The van der Waals surface area contributed by atoms with E-state index in [1.54, 1.807) is 24.3 Å². The zero-order valence-electron chi connectivity index (χ0n) is 11.5. The van der Waals surface area contributed by atoms with E-state index < -0.39 is 5.97 Å². The van der Waals surface area contributed by atoms with Gasteiger partial charge in [-0.1, -0.05) is 30.7 Å². The molecule has 21 heavy (non-hydrogen) atoms. The van der Waals surface area contributed by atoms with E-state index >= 15 is 0 Å². The minimum atomic E-state index is -1.04. The van der Waals surface area contributed by atoms with Gasteiger partial charge in [-0.25, -0.2) is 4.98 Å². The topological polar surface area (TPSA) is 70.5 Å². The van der Waals surface area contributed by atoms with Crippen LogP contribution in [0.1, 0.15) is 23.8 Å². The number of aromatic nitrogens is 1. The number of amides is 1. The zero-order chi connectivity index (χ0) is 15.4. The molecule has 110 valence electrons. The highest BCUT2D eigenvalue weighted by molar-refractivity contribution is 6.31. The van der Waals surface area contributed by atoms with Crippen molar-refractivity contribution in [2.45, 2.75) is 13.3 Å². The maximum atomic E-state index is 12.4. The molecular weight excluding hydrogens is 292 g/mol. The quantitative estimate of drug-likeness (QED) is 0.922. The molecule has 0 aliphatic carbocycles. The minimum absolute atomic E-state index is 0.222. The summed E-state index contributed by atoms with van der Waals surface area (Å²) in [6.45, 7) is 1.93. The Morgan fingerprint density at radius 2 is 2.00 bits per heavy atom. The van der Waals surface area contributed by atoms with E-state index in [2.05, 4.69) is 4.98 Å². The molecule has 1 heterocycles. The summed E-state index contributed by atoms with van der Waals surface area (Å²) in [6.07, 6.45) is 0.679. The fourth-order valence-electron chi connectivity index (χ4n) is 2.06. The SMILES string of the molecule is CCCN(CC(=O)O)C(=O)c1ccc2ccc(Cl)cc2n1. The molecule has 6 heteroatoms. The first-order valence-electron chi connectivity index (χ1n) is 6.58. The number of fused-ring (bicyclic) bond motifs is 1. The standard InChI is InChI=1S/C15H15ClN2O3/c1-2-7-18(9-14(19)20)15(21)12-6-4-10-3-5-11(16)8-13(10)17-12/h3-6,8H,2,7,9H2,1H3,(H,19,20). The van der Waals surface area contributed by atoms with Gasteiger partial charge in [-0.2, -0.15) is 0 Å². The first-order chi connectivity index (χ1) is 10.0. The number of pyridine rings is 1. The van der Waals surface area contributed by atoms with Crippen LogP contribution in [0.25, 0.3) is 10.9 Å². The highest BCUT2D eigenvalue weighted by atomic mass is 35.5. The van der Waals surface area contributed by atoms with E-state index in [0.29, 0.717) is 23.5 Å². The lowest BCUT2D eigenvalue weighted by Crippen LogP contribution is -2.36. The fourth-order valence-corrected chi connectivity index (χ4v) is 2.22. The molecule has 1 aromatic carbocycles. The van der Waals surface area contributed by atoms with Crippen molar-refractivity contribution < 1.29 is 14.7 Å². The number of halogens is 1. The molecule has 0 aliphatic rings. The summed E-state index contributed by atoms with van der Waals surface area (Å²) in [5.41, 5.74) is 0.833. The van der Waals surface area contributed by atoms with Gasteiger partial charge in [0.25, 0.3) is 5.91 Å². The monoisotopic (exact) mass is 306 g/mol. The first-order valence-corrected chi connectivity index (χ1v) is 6.96. The molecule has 2 rings (SSSR count). The molecule has 0 fully saturated rings. The number of nitrogens with zero attached hydrogens (tertiary/aromatic N) is 2. The third-order valence-electron chi connectivity index (χ3n) is 2.98. The first kappa shape index (κ1) is 15.3. The number of aliphatic carboxylic acids is 1. The van der Waals surface area contributed by atoms with Gasteiger partial charge in [0.05, 0.1) is 5.52 Å². The lowest BCUT2D eigenvalue weighted by atomic mass is 10.2. The molecule has 0 atom stereocenters. The summed E-state index contributed by atoms with van der Waals surface area (Å²) in [6, 6.07) is 8.62. The van der Waals surface area contributed by atoms with Crippen molar-refractivity contribution in [2.24, 2.45) is 0 Å². The highest BCUT2D eigenvalue weighted by Gasteiger charge is 2.19. The lowest BCUT2D eigenvalue weighted by molar-refractivity contribution is -0.137. The summed E-state index contributed by atoms with van der Waals surface area (Å²) in [5.74, 6) is -1.43. The Balaban J connectivity index is 2.34. The molecule has 1 N–H and O–H groups in total. The van der Waals surface area contributed by atoms with E-state index in [4.69, 9.17) is 16.7 Å². The number of carbonyl (C=O) groups excluding carboxylic acids is 1. The van der Waals surface area contributed by atoms with Crippen LogP contribution in [0.2, 0.25) is 5.02 Å². The maximum Gasteiger partial charge on any atom is 0.323 e. The van der Waals surface area contributed by atoms with Gasteiger partial charge < -0.3 is 10.0 Å². The van der Waals surface area contributed by atoms with E-state index in [-0.39, 0.29) is 18.1 Å². The summed E-state index contributed by atoms with van der Waals surface area (Å²) in [5, 5.41) is 10.3. The van der Waals surface area contributed by atoms with E-state index in [9.17, 15) is 9.59 Å². The molecule has 0 bridgehead atoms. The molecule has 0 saturated heterocycles. The molecular formula is C15H15ClN2O3. The zero-order valence-corrected chi connectivity index (χ0v) is 12.3. The van der Waals surface area contributed by atoms with E-state index in [1.807, 2.05) is 13.0 Å². The highest BCUT2D eigenvalue weighted by Crippen LogP contribution is 2.18. The van der Waals surface area contributed by atoms with Crippen LogP contribution in [0.5, 0.6) is 0 Å². The van der Waals surface area contributed by atoms with Gasteiger partial charge in [0, 0.05) is 17.0 Å². The van der Waals surface area contributed by atoms with Gasteiger partial charge in [0.2, 0.25) is 0 Å².